The highest BCUT2D eigenvalue weighted by atomic mass is 16.1. The van der Waals surface area contributed by atoms with Crippen LogP contribution < -0.4 is 5.32 Å². The molecule has 0 amide bonds. The number of hydrogen-bond donors (Lipinski definition) is 1. The van der Waals surface area contributed by atoms with Crippen molar-refractivity contribution in [1.82, 2.24) is 0 Å². The summed E-state index contributed by atoms with van der Waals surface area (Å²) >= 11 is 0. The molecular weight excluding hydrogens is 260 g/mol. The monoisotopic (exact) mass is 280 g/mol. The molecule has 0 atom stereocenters. The van der Waals surface area contributed by atoms with Crippen LogP contribution in [0.2, 0.25) is 0 Å². The van der Waals surface area contributed by atoms with E-state index in [1.807, 2.05) is 52.0 Å². The second-order valence-corrected chi connectivity index (χ2v) is 6.41. The maximum absolute atomic E-state index is 12.5. The second-order valence-electron chi connectivity index (χ2n) is 6.41. The Kier molecular flexibility index (Phi) is 3.08. The molecule has 21 heavy (non-hydrogen) atoms. The van der Waals surface area contributed by atoms with Gasteiger partial charge < -0.3 is 5.32 Å². The van der Waals surface area contributed by atoms with Gasteiger partial charge in [0, 0.05) is 17.0 Å². The summed E-state index contributed by atoms with van der Waals surface area (Å²) in [4.78, 5) is 17.2. The number of anilines is 1. The van der Waals surface area contributed by atoms with E-state index in [1.165, 1.54) is 0 Å². The molecule has 2 aromatic carbocycles. The van der Waals surface area contributed by atoms with Crippen LogP contribution >= 0.6 is 0 Å². The summed E-state index contributed by atoms with van der Waals surface area (Å²) in [5.74, 6) is 0.908. The molecule has 3 rings (SSSR count). The number of Topliss-reactive ketones (excluding diaryl/α,β-unsaturated/α-hetero) is 1. The molecule has 3 nitrogen and oxygen atoms in total. The van der Waals surface area contributed by atoms with Gasteiger partial charge in [0.2, 0.25) is 0 Å². The molecule has 0 aromatic heterocycles. The minimum Gasteiger partial charge on any atom is -0.342 e. The Morgan fingerprint density at radius 2 is 1.81 bits per heavy atom. The van der Waals surface area contributed by atoms with Crippen molar-refractivity contribution < 1.29 is 4.79 Å². The van der Waals surface area contributed by atoms with Crippen LogP contribution in [-0.4, -0.2) is 11.6 Å². The van der Waals surface area contributed by atoms with Gasteiger partial charge in [-0.3, -0.25) is 4.79 Å². The van der Waals surface area contributed by atoms with E-state index in [-0.39, 0.29) is 11.7 Å². The van der Waals surface area contributed by atoms with Crippen molar-refractivity contribution in [2.24, 2.45) is 16.3 Å². The molecule has 0 bridgehead atoms. The lowest BCUT2D eigenvalue weighted by atomic mass is 9.80. The van der Waals surface area contributed by atoms with Crippen molar-refractivity contribution in [3.8, 4) is 0 Å². The molecular formula is C18H20N2O. The van der Waals surface area contributed by atoms with E-state index in [4.69, 9.17) is 4.99 Å². The van der Waals surface area contributed by atoms with Gasteiger partial charge in [0.15, 0.2) is 0 Å². The fourth-order valence-corrected chi connectivity index (χ4v) is 2.93. The summed E-state index contributed by atoms with van der Waals surface area (Å²) < 4.78 is 0. The van der Waals surface area contributed by atoms with Gasteiger partial charge in [-0.05, 0) is 31.4 Å². The third kappa shape index (κ3) is 2.13. The van der Waals surface area contributed by atoms with Crippen LogP contribution in [0.25, 0.3) is 10.8 Å². The normalized spacial score (nSPS) is 14.0. The third-order valence-corrected chi connectivity index (χ3v) is 4.10. The van der Waals surface area contributed by atoms with E-state index < -0.39 is 5.41 Å². The van der Waals surface area contributed by atoms with Gasteiger partial charge in [0.05, 0.1) is 11.1 Å². The summed E-state index contributed by atoms with van der Waals surface area (Å²) in [5, 5.41) is 5.65. The maximum Gasteiger partial charge on any atom is 0.148 e. The van der Waals surface area contributed by atoms with Crippen LogP contribution in [0, 0.1) is 11.3 Å². The number of nitrogens with zero attached hydrogens (tertiary/aromatic N) is 1. The Morgan fingerprint density at radius 3 is 2.48 bits per heavy atom. The number of hydrogen-bond acceptors (Lipinski definition) is 3. The number of benzene rings is 2. The number of nitrogens with one attached hydrogen (secondary N) is 1. The molecule has 108 valence electrons. The van der Waals surface area contributed by atoms with E-state index in [2.05, 4.69) is 17.4 Å². The van der Waals surface area contributed by atoms with Crippen LogP contribution in [0.15, 0.2) is 41.4 Å². The van der Waals surface area contributed by atoms with Crippen LogP contribution in [-0.2, 0) is 4.79 Å². The molecule has 2 aromatic rings. The SMILES string of the molecule is CC(C)C(=O)C(C)(C)C1=Nc2cccc3cccc(c23)N1. The van der Waals surface area contributed by atoms with Crippen LogP contribution in [0.3, 0.4) is 0 Å². The summed E-state index contributed by atoms with van der Waals surface area (Å²) in [6.45, 7) is 7.74. The summed E-state index contributed by atoms with van der Waals surface area (Å²) in [5.41, 5.74) is 1.34. The van der Waals surface area contributed by atoms with Gasteiger partial charge >= 0.3 is 0 Å². The molecule has 0 saturated carbocycles. The van der Waals surface area contributed by atoms with Crippen molar-refractivity contribution in [3.05, 3.63) is 36.4 Å². The Hall–Kier alpha value is -2.16. The highest BCUT2D eigenvalue weighted by Gasteiger charge is 2.36. The van der Waals surface area contributed by atoms with E-state index >= 15 is 0 Å². The van der Waals surface area contributed by atoms with E-state index in [0.29, 0.717) is 0 Å². The van der Waals surface area contributed by atoms with Gasteiger partial charge in [-0.2, -0.15) is 0 Å². The van der Waals surface area contributed by atoms with Gasteiger partial charge in [-0.1, -0.05) is 38.1 Å². The molecule has 0 unspecified atom stereocenters. The zero-order valence-electron chi connectivity index (χ0n) is 12.9. The molecule has 3 heteroatoms. The fourth-order valence-electron chi connectivity index (χ4n) is 2.93. The van der Waals surface area contributed by atoms with E-state index in [1.54, 1.807) is 0 Å². The number of carbonyl (C=O) groups excluding carboxylic acids is 1. The van der Waals surface area contributed by atoms with Crippen molar-refractivity contribution in [2.75, 3.05) is 5.32 Å². The van der Waals surface area contributed by atoms with Gasteiger partial charge in [-0.15, -0.1) is 0 Å². The predicted octanol–water partition coefficient (Wildman–Crippen LogP) is 4.55. The highest BCUT2D eigenvalue weighted by molar-refractivity contribution is 6.20. The van der Waals surface area contributed by atoms with E-state index in [9.17, 15) is 4.79 Å². The lowest BCUT2D eigenvalue weighted by Gasteiger charge is -2.30. The lowest BCUT2D eigenvalue weighted by molar-refractivity contribution is -0.127. The standard InChI is InChI=1S/C18H20N2O/c1-11(2)16(21)18(3,4)17-19-13-9-5-7-12-8-6-10-14(20-17)15(12)13/h5-11H,1-4H3,(H,19,20). The first-order chi connectivity index (χ1) is 9.91. The van der Waals surface area contributed by atoms with Crippen molar-refractivity contribution >= 4 is 33.8 Å². The van der Waals surface area contributed by atoms with E-state index in [0.717, 1.165) is 28.0 Å². The van der Waals surface area contributed by atoms with Crippen molar-refractivity contribution in [1.29, 1.82) is 0 Å². The smallest absolute Gasteiger partial charge is 0.148 e. The summed E-state index contributed by atoms with van der Waals surface area (Å²) in [7, 11) is 0. The number of amidine groups is 1. The molecule has 0 spiro atoms. The Balaban J connectivity index is 2.15. The average Bonchev–Trinajstić information content (AvgIpc) is 2.46. The molecule has 1 heterocycles. The number of aliphatic imine (C=N–C) groups is 1. The Bertz CT molecular complexity index is 752. The van der Waals surface area contributed by atoms with Crippen LogP contribution in [0.1, 0.15) is 27.7 Å². The maximum atomic E-state index is 12.5. The van der Waals surface area contributed by atoms with Gasteiger partial charge in [0.25, 0.3) is 0 Å². The molecule has 0 saturated heterocycles. The molecule has 1 aliphatic heterocycles. The van der Waals surface area contributed by atoms with Crippen LogP contribution in [0.5, 0.6) is 0 Å². The zero-order valence-corrected chi connectivity index (χ0v) is 12.9. The Labute approximate surface area is 125 Å². The molecule has 1 aliphatic rings. The largest absolute Gasteiger partial charge is 0.342 e. The minimum absolute atomic E-state index is 0.0162. The molecule has 0 aliphatic carbocycles. The quantitative estimate of drug-likeness (QED) is 0.896. The fraction of sp³-hybridized carbons (Fsp3) is 0.333. The first kappa shape index (κ1) is 13.8. The summed E-state index contributed by atoms with van der Waals surface area (Å²) in [6, 6.07) is 12.2. The van der Waals surface area contributed by atoms with Crippen LogP contribution in [0.4, 0.5) is 11.4 Å². The number of ketones is 1. The zero-order chi connectivity index (χ0) is 15.2. The molecule has 0 fully saturated rings. The number of carbonyl (C=O) groups is 1. The molecule has 0 radical (unpaired) electrons. The third-order valence-electron chi connectivity index (χ3n) is 4.10. The first-order valence-corrected chi connectivity index (χ1v) is 7.33. The van der Waals surface area contributed by atoms with Gasteiger partial charge in [0.1, 0.15) is 11.6 Å². The van der Waals surface area contributed by atoms with Crippen molar-refractivity contribution in [2.45, 2.75) is 27.7 Å². The second kappa shape index (κ2) is 4.69. The highest BCUT2D eigenvalue weighted by Crippen LogP contribution is 2.38. The Morgan fingerprint density at radius 1 is 1.14 bits per heavy atom. The van der Waals surface area contributed by atoms with Crippen molar-refractivity contribution in [3.63, 3.8) is 0 Å². The first-order valence-electron chi connectivity index (χ1n) is 7.33. The average molecular weight is 280 g/mol. The predicted molar refractivity (Wildman–Crippen MR) is 88.3 cm³/mol. The molecule has 1 N–H and O–H groups in total. The summed E-state index contributed by atoms with van der Waals surface area (Å²) in [6.07, 6.45) is 0. The number of rotatable bonds is 3. The lowest BCUT2D eigenvalue weighted by Crippen LogP contribution is -2.41. The van der Waals surface area contributed by atoms with Gasteiger partial charge in [-0.25, -0.2) is 4.99 Å². The topological polar surface area (TPSA) is 41.5 Å². The minimum atomic E-state index is -0.621.